The Bertz CT molecular complexity index is 576. The number of morpholine rings is 1. The second-order valence-electron chi connectivity index (χ2n) is 8.16. The molecule has 0 aromatic rings. The van der Waals surface area contributed by atoms with Gasteiger partial charge in [0.1, 0.15) is 22.8 Å². The fraction of sp³-hybridized carbons (Fsp3) is 0.850. The Morgan fingerprint density at radius 1 is 1.10 bits per heavy atom. The second kappa shape index (κ2) is 11.5. The molecule has 3 amide bonds. The molecule has 3 fully saturated rings. The maximum Gasteiger partial charge on any atom is 0.318 e. The van der Waals surface area contributed by atoms with Crippen LogP contribution < -0.4 is 10.6 Å². The van der Waals surface area contributed by atoms with Crippen molar-refractivity contribution in [3.8, 4) is 0 Å². The summed E-state index contributed by atoms with van der Waals surface area (Å²) in [5.74, 6) is -0.0110. The molecule has 0 aromatic heterocycles. The number of alkyl halides is 1. The summed E-state index contributed by atoms with van der Waals surface area (Å²) < 4.78 is 10.3. The molecule has 0 radical (unpaired) electrons. The summed E-state index contributed by atoms with van der Waals surface area (Å²) in [7, 11) is 0. The third-order valence-corrected chi connectivity index (χ3v) is 7.08. The van der Waals surface area contributed by atoms with Crippen LogP contribution in [0.25, 0.3) is 0 Å². The number of hydrogen-bond acceptors (Lipinski definition) is 5. The van der Waals surface area contributed by atoms with Crippen molar-refractivity contribution in [2.24, 2.45) is 5.92 Å². The van der Waals surface area contributed by atoms with Gasteiger partial charge in [0.15, 0.2) is 5.78 Å². The van der Waals surface area contributed by atoms with Crippen LogP contribution in [-0.4, -0.2) is 71.7 Å². The lowest BCUT2D eigenvalue weighted by atomic mass is 9.86. The Labute approximate surface area is 185 Å². The molecule has 0 spiro atoms. The molecule has 1 aliphatic carbocycles. The first-order chi connectivity index (χ1) is 14.0. The molecule has 164 valence electrons. The number of Topliss-reactive ketones (excluding diaryl/α,β-unsaturated/α-hetero) is 1. The van der Waals surface area contributed by atoms with Gasteiger partial charge in [0.25, 0.3) is 0 Å². The highest BCUT2D eigenvalue weighted by Crippen LogP contribution is 2.26. The van der Waals surface area contributed by atoms with E-state index in [1.165, 1.54) is 32.1 Å². The van der Waals surface area contributed by atoms with E-state index in [0.717, 1.165) is 12.8 Å². The molecule has 9 heteroatoms. The Balaban J connectivity index is 1.64. The minimum atomic E-state index is -0.650. The molecule has 3 aliphatic rings. The zero-order valence-corrected chi connectivity index (χ0v) is 19.0. The number of nitrogens with zero attached hydrogens (tertiary/aromatic N) is 1. The molecule has 29 heavy (non-hydrogen) atoms. The van der Waals surface area contributed by atoms with Gasteiger partial charge in [-0.15, -0.1) is 0 Å². The van der Waals surface area contributed by atoms with Gasteiger partial charge in [-0.05, 0) is 34.9 Å². The van der Waals surface area contributed by atoms with Crippen molar-refractivity contribution in [2.45, 2.75) is 67.6 Å². The van der Waals surface area contributed by atoms with Crippen molar-refractivity contribution in [2.75, 3.05) is 32.9 Å². The Morgan fingerprint density at radius 3 is 2.38 bits per heavy atom. The summed E-state index contributed by atoms with van der Waals surface area (Å²) in [5.41, 5.74) is 0. The standard InChI is InChI=1S/C20H32IN3O5/c21-18-17(16(25)13-29-18)23-19(26)15(12-14-6-4-2-1-3-5-7-14)22-20(27)24-8-10-28-11-9-24/h14-15,17-18H,1-13H2,(H,22,27)(H,23,26)/t15-,17+,18+/m0/s1. The SMILES string of the molecule is O=C(N[C@@H]1C(=O)CO[C@H]1I)[C@H](CC1CCCCCCC1)NC(=O)N1CCOCC1. The lowest BCUT2D eigenvalue weighted by molar-refractivity contribution is -0.127. The van der Waals surface area contributed by atoms with Crippen LogP contribution in [0.3, 0.4) is 0 Å². The summed E-state index contributed by atoms with van der Waals surface area (Å²) in [6.07, 6.45) is 8.86. The highest BCUT2D eigenvalue weighted by molar-refractivity contribution is 14.1. The minimum Gasteiger partial charge on any atom is -0.378 e. The van der Waals surface area contributed by atoms with Crippen LogP contribution >= 0.6 is 22.6 Å². The lowest BCUT2D eigenvalue weighted by Gasteiger charge is -2.31. The molecule has 3 atom stereocenters. The fourth-order valence-corrected chi connectivity index (χ4v) is 5.00. The van der Waals surface area contributed by atoms with Crippen molar-refractivity contribution >= 4 is 40.3 Å². The van der Waals surface area contributed by atoms with Crippen LogP contribution in [0.2, 0.25) is 0 Å². The number of carbonyl (C=O) groups is 3. The minimum absolute atomic E-state index is 0.0198. The average molecular weight is 521 g/mol. The van der Waals surface area contributed by atoms with Gasteiger partial charge in [-0.25, -0.2) is 4.79 Å². The first-order valence-electron chi connectivity index (χ1n) is 10.8. The number of ether oxygens (including phenoxy) is 2. The Morgan fingerprint density at radius 2 is 1.76 bits per heavy atom. The van der Waals surface area contributed by atoms with Crippen molar-refractivity contribution in [3.63, 3.8) is 0 Å². The molecule has 8 nitrogen and oxygen atoms in total. The van der Waals surface area contributed by atoms with E-state index in [0.29, 0.717) is 38.6 Å². The van der Waals surface area contributed by atoms with E-state index in [1.54, 1.807) is 4.90 Å². The van der Waals surface area contributed by atoms with Crippen molar-refractivity contribution in [3.05, 3.63) is 0 Å². The number of nitrogens with one attached hydrogen (secondary N) is 2. The maximum absolute atomic E-state index is 13.1. The highest BCUT2D eigenvalue weighted by atomic mass is 127. The van der Waals surface area contributed by atoms with Crippen molar-refractivity contribution in [1.82, 2.24) is 15.5 Å². The predicted molar refractivity (Wildman–Crippen MR) is 116 cm³/mol. The van der Waals surface area contributed by atoms with E-state index in [1.807, 2.05) is 22.6 Å². The number of carbonyl (C=O) groups excluding carboxylic acids is 3. The number of urea groups is 1. The molecule has 2 N–H and O–H groups in total. The fourth-order valence-electron chi connectivity index (χ4n) is 4.24. The third kappa shape index (κ3) is 6.78. The van der Waals surface area contributed by atoms with Gasteiger partial charge in [-0.3, -0.25) is 9.59 Å². The summed E-state index contributed by atoms with van der Waals surface area (Å²) in [5, 5.41) is 5.76. The van der Waals surface area contributed by atoms with Crippen LogP contribution in [0.15, 0.2) is 0 Å². The monoisotopic (exact) mass is 521 g/mol. The van der Waals surface area contributed by atoms with Gasteiger partial charge >= 0.3 is 6.03 Å². The van der Waals surface area contributed by atoms with E-state index in [9.17, 15) is 14.4 Å². The number of amides is 3. The van der Waals surface area contributed by atoms with Crippen molar-refractivity contribution in [1.29, 1.82) is 0 Å². The second-order valence-corrected chi connectivity index (χ2v) is 9.39. The molecule has 0 bridgehead atoms. The number of rotatable bonds is 5. The van der Waals surface area contributed by atoms with Crippen LogP contribution in [0.4, 0.5) is 4.79 Å². The lowest BCUT2D eigenvalue weighted by Crippen LogP contribution is -2.56. The average Bonchev–Trinajstić information content (AvgIpc) is 3.01. The molecule has 2 aliphatic heterocycles. The van der Waals surface area contributed by atoms with Crippen LogP contribution in [0.5, 0.6) is 0 Å². The van der Waals surface area contributed by atoms with E-state index < -0.39 is 12.1 Å². The van der Waals surface area contributed by atoms with E-state index in [4.69, 9.17) is 9.47 Å². The smallest absolute Gasteiger partial charge is 0.318 e. The molecule has 1 saturated carbocycles. The van der Waals surface area contributed by atoms with Crippen molar-refractivity contribution < 1.29 is 23.9 Å². The number of halogens is 1. The topological polar surface area (TPSA) is 97.0 Å². The Kier molecular flexibility index (Phi) is 8.98. The van der Waals surface area contributed by atoms with Gasteiger partial charge in [0, 0.05) is 13.1 Å². The molecule has 0 aromatic carbocycles. The highest BCUT2D eigenvalue weighted by Gasteiger charge is 2.37. The molecule has 3 rings (SSSR count). The summed E-state index contributed by atoms with van der Waals surface area (Å²) in [6, 6.07) is -1.53. The summed E-state index contributed by atoms with van der Waals surface area (Å²) >= 11 is 2.02. The zero-order chi connectivity index (χ0) is 20.6. The largest absolute Gasteiger partial charge is 0.378 e. The number of hydrogen-bond donors (Lipinski definition) is 2. The summed E-state index contributed by atoms with van der Waals surface area (Å²) in [6.45, 7) is 2.09. The van der Waals surface area contributed by atoms with Gasteiger partial charge in [0.2, 0.25) is 5.91 Å². The molecule has 2 saturated heterocycles. The van der Waals surface area contributed by atoms with Gasteiger partial charge < -0.3 is 25.0 Å². The summed E-state index contributed by atoms with van der Waals surface area (Å²) in [4.78, 5) is 39.5. The quantitative estimate of drug-likeness (QED) is 0.426. The molecule has 2 heterocycles. The third-order valence-electron chi connectivity index (χ3n) is 6.00. The van der Waals surface area contributed by atoms with E-state index in [2.05, 4.69) is 10.6 Å². The van der Waals surface area contributed by atoms with E-state index >= 15 is 0 Å². The number of ketones is 1. The van der Waals surface area contributed by atoms with Crippen LogP contribution in [0, 0.1) is 5.92 Å². The van der Waals surface area contributed by atoms with Gasteiger partial charge in [0.05, 0.1) is 13.2 Å². The van der Waals surface area contributed by atoms with Crippen LogP contribution in [0.1, 0.15) is 51.4 Å². The maximum atomic E-state index is 13.1. The predicted octanol–water partition coefficient (Wildman–Crippen LogP) is 1.99. The first-order valence-corrected chi connectivity index (χ1v) is 12.0. The zero-order valence-electron chi connectivity index (χ0n) is 16.9. The molecular formula is C20H32IN3O5. The van der Waals surface area contributed by atoms with Gasteiger partial charge in [-0.1, -0.05) is 44.9 Å². The molecule has 0 unspecified atom stereocenters. The van der Waals surface area contributed by atoms with Crippen LogP contribution in [-0.2, 0) is 19.1 Å². The molecular weight excluding hydrogens is 489 g/mol. The Hall–Kier alpha value is -0.940. The normalized spacial score (nSPS) is 27.8. The van der Waals surface area contributed by atoms with Gasteiger partial charge in [-0.2, -0.15) is 0 Å². The first kappa shape index (κ1) is 22.7. The van der Waals surface area contributed by atoms with E-state index in [-0.39, 0.29) is 28.4 Å².